The third-order valence-electron chi connectivity index (χ3n) is 4.34. The minimum atomic E-state index is -0.870. The summed E-state index contributed by atoms with van der Waals surface area (Å²) in [6, 6.07) is 22.0. The van der Waals surface area contributed by atoms with Gasteiger partial charge in [-0.05, 0) is 66.6 Å². The fourth-order valence-electron chi connectivity index (χ4n) is 2.58. The van der Waals surface area contributed by atoms with Crippen molar-refractivity contribution in [3.63, 3.8) is 0 Å². The Morgan fingerprint density at radius 2 is 1.52 bits per heavy atom. The van der Waals surface area contributed by atoms with Crippen molar-refractivity contribution < 1.29 is 19.1 Å². The topological polar surface area (TPSA) is 89.0 Å². The fourth-order valence-corrected chi connectivity index (χ4v) is 2.58. The molecular formula is C24H23N3O4. The highest BCUT2D eigenvalue weighted by molar-refractivity contribution is 6.39. The highest BCUT2D eigenvalue weighted by Gasteiger charge is 2.12. The van der Waals surface area contributed by atoms with E-state index in [-0.39, 0.29) is 0 Å². The molecule has 31 heavy (non-hydrogen) atoms. The number of carbonyl (C=O) groups excluding carboxylic acids is 2. The molecule has 0 aliphatic rings. The fraction of sp³-hybridized carbons (Fsp3) is 0.125. The second-order valence-corrected chi connectivity index (χ2v) is 6.73. The van der Waals surface area contributed by atoms with Gasteiger partial charge in [-0.1, -0.05) is 29.8 Å². The standard InChI is InChI=1S/C24H23N3O4/c1-17-3-5-19(6-4-17)16-31-22-11-7-18(8-12-22)15-25-27-24(29)23(28)26-20-9-13-21(30-2)14-10-20/h3-15H,16H2,1-2H3,(H,26,28)(H,27,29)/b25-15+. The number of methoxy groups -OCH3 is 1. The van der Waals surface area contributed by atoms with Crippen molar-refractivity contribution in [2.24, 2.45) is 5.10 Å². The number of ether oxygens (including phenoxy) is 2. The van der Waals surface area contributed by atoms with Crippen LogP contribution in [0.15, 0.2) is 77.9 Å². The van der Waals surface area contributed by atoms with Gasteiger partial charge in [-0.25, -0.2) is 5.43 Å². The summed E-state index contributed by atoms with van der Waals surface area (Å²) in [4.78, 5) is 23.8. The molecule has 7 nitrogen and oxygen atoms in total. The van der Waals surface area contributed by atoms with Crippen LogP contribution in [-0.4, -0.2) is 25.1 Å². The molecule has 0 saturated heterocycles. The van der Waals surface area contributed by atoms with Crippen LogP contribution in [-0.2, 0) is 16.2 Å². The van der Waals surface area contributed by atoms with Crippen LogP contribution < -0.4 is 20.2 Å². The van der Waals surface area contributed by atoms with E-state index in [9.17, 15) is 9.59 Å². The Bertz CT molecular complexity index is 1040. The van der Waals surface area contributed by atoms with E-state index in [1.807, 2.05) is 43.3 Å². The molecule has 0 spiro atoms. The molecule has 0 heterocycles. The maximum atomic E-state index is 11.9. The lowest BCUT2D eigenvalue weighted by atomic mass is 10.2. The predicted molar refractivity (Wildman–Crippen MR) is 119 cm³/mol. The monoisotopic (exact) mass is 417 g/mol. The van der Waals surface area contributed by atoms with E-state index < -0.39 is 11.8 Å². The van der Waals surface area contributed by atoms with Crippen LogP contribution in [0.3, 0.4) is 0 Å². The summed E-state index contributed by atoms with van der Waals surface area (Å²) in [7, 11) is 1.55. The molecule has 2 amide bonds. The summed E-state index contributed by atoms with van der Waals surface area (Å²) in [6.45, 7) is 2.52. The zero-order valence-corrected chi connectivity index (χ0v) is 17.3. The maximum absolute atomic E-state index is 11.9. The summed E-state index contributed by atoms with van der Waals surface area (Å²) < 4.78 is 10.8. The molecule has 2 N–H and O–H groups in total. The summed E-state index contributed by atoms with van der Waals surface area (Å²) >= 11 is 0. The summed E-state index contributed by atoms with van der Waals surface area (Å²) in [5, 5.41) is 6.30. The average molecular weight is 417 g/mol. The largest absolute Gasteiger partial charge is 0.497 e. The van der Waals surface area contributed by atoms with Gasteiger partial charge in [0, 0.05) is 5.69 Å². The van der Waals surface area contributed by atoms with Crippen LogP contribution in [0, 0.1) is 6.92 Å². The van der Waals surface area contributed by atoms with E-state index in [2.05, 4.69) is 15.8 Å². The average Bonchev–Trinajstić information content (AvgIpc) is 2.80. The number of amides is 2. The first-order valence-electron chi connectivity index (χ1n) is 9.60. The summed E-state index contributed by atoms with van der Waals surface area (Å²) in [5.74, 6) is -0.313. The molecule has 0 aliphatic heterocycles. The SMILES string of the molecule is COc1ccc(NC(=O)C(=O)N/N=C/c2ccc(OCc3ccc(C)cc3)cc2)cc1. The molecule has 3 rings (SSSR count). The Hall–Kier alpha value is -4.13. The summed E-state index contributed by atoms with van der Waals surface area (Å²) in [6.07, 6.45) is 1.45. The molecule has 3 aromatic carbocycles. The maximum Gasteiger partial charge on any atom is 0.329 e. The Labute approximate surface area is 180 Å². The minimum Gasteiger partial charge on any atom is -0.497 e. The van der Waals surface area contributed by atoms with Gasteiger partial charge >= 0.3 is 11.8 Å². The Morgan fingerprint density at radius 1 is 0.871 bits per heavy atom. The third-order valence-corrected chi connectivity index (χ3v) is 4.34. The lowest BCUT2D eigenvalue weighted by molar-refractivity contribution is -0.136. The van der Waals surface area contributed by atoms with Gasteiger partial charge in [0.25, 0.3) is 0 Å². The van der Waals surface area contributed by atoms with Crippen molar-refractivity contribution in [2.45, 2.75) is 13.5 Å². The number of anilines is 1. The normalized spacial score (nSPS) is 10.5. The van der Waals surface area contributed by atoms with Crippen molar-refractivity contribution in [3.05, 3.63) is 89.5 Å². The zero-order chi connectivity index (χ0) is 22.1. The summed E-state index contributed by atoms with van der Waals surface area (Å²) in [5.41, 5.74) is 5.72. The first-order valence-corrected chi connectivity index (χ1v) is 9.60. The number of benzene rings is 3. The molecule has 0 fully saturated rings. The van der Waals surface area contributed by atoms with Crippen molar-refractivity contribution in [1.29, 1.82) is 0 Å². The van der Waals surface area contributed by atoms with E-state index in [4.69, 9.17) is 9.47 Å². The zero-order valence-electron chi connectivity index (χ0n) is 17.3. The van der Waals surface area contributed by atoms with E-state index in [1.54, 1.807) is 43.5 Å². The van der Waals surface area contributed by atoms with Gasteiger partial charge in [0.1, 0.15) is 18.1 Å². The molecular weight excluding hydrogens is 394 g/mol. The van der Waals surface area contributed by atoms with E-state index in [1.165, 1.54) is 11.8 Å². The van der Waals surface area contributed by atoms with Gasteiger partial charge in [-0.2, -0.15) is 5.10 Å². The van der Waals surface area contributed by atoms with Crippen LogP contribution in [0.1, 0.15) is 16.7 Å². The molecule has 7 heteroatoms. The number of hydrogen-bond donors (Lipinski definition) is 2. The van der Waals surface area contributed by atoms with Crippen molar-refractivity contribution in [1.82, 2.24) is 5.43 Å². The number of carbonyl (C=O) groups is 2. The molecule has 0 atom stereocenters. The molecule has 0 aliphatic carbocycles. The van der Waals surface area contributed by atoms with Gasteiger partial charge in [-0.3, -0.25) is 9.59 Å². The van der Waals surface area contributed by atoms with E-state index in [0.717, 1.165) is 16.9 Å². The molecule has 158 valence electrons. The van der Waals surface area contributed by atoms with E-state index >= 15 is 0 Å². The first-order chi connectivity index (χ1) is 15.0. The second-order valence-electron chi connectivity index (χ2n) is 6.73. The smallest absolute Gasteiger partial charge is 0.329 e. The highest BCUT2D eigenvalue weighted by Crippen LogP contribution is 2.15. The van der Waals surface area contributed by atoms with Crippen LogP contribution in [0.5, 0.6) is 11.5 Å². The van der Waals surface area contributed by atoms with Crippen LogP contribution in [0.25, 0.3) is 0 Å². The van der Waals surface area contributed by atoms with Crippen LogP contribution in [0.2, 0.25) is 0 Å². The number of nitrogens with one attached hydrogen (secondary N) is 2. The lowest BCUT2D eigenvalue weighted by Gasteiger charge is -2.07. The van der Waals surface area contributed by atoms with Gasteiger partial charge < -0.3 is 14.8 Å². The van der Waals surface area contributed by atoms with E-state index in [0.29, 0.717) is 18.0 Å². The number of rotatable bonds is 7. The third kappa shape index (κ3) is 6.71. The Kier molecular flexibility index (Phi) is 7.37. The quantitative estimate of drug-likeness (QED) is 0.349. The highest BCUT2D eigenvalue weighted by atomic mass is 16.5. The number of hydrogen-bond acceptors (Lipinski definition) is 5. The number of nitrogens with zero attached hydrogens (tertiary/aromatic N) is 1. The number of aryl methyl sites for hydroxylation is 1. The van der Waals surface area contributed by atoms with Gasteiger partial charge in [0.05, 0.1) is 13.3 Å². The molecule has 0 unspecified atom stereocenters. The molecule has 0 saturated carbocycles. The Balaban J connectivity index is 1.45. The number of hydrazone groups is 1. The van der Waals surface area contributed by atoms with Gasteiger partial charge in [0.2, 0.25) is 0 Å². The lowest BCUT2D eigenvalue weighted by Crippen LogP contribution is -2.32. The van der Waals surface area contributed by atoms with Crippen LogP contribution in [0.4, 0.5) is 5.69 Å². The molecule has 0 aromatic heterocycles. The van der Waals surface area contributed by atoms with Crippen molar-refractivity contribution >= 4 is 23.7 Å². The van der Waals surface area contributed by atoms with Crippen LogP contribution >= 0.6 is 0 Å². The Morgan fingerprint density at radius 3 is 2.16 bits per heavy atom. The second kappa shape index (κ2) is 10.6. The first kappa shape index (κ1) is 21.6. The minimum absolute atomic E-state index is 0.478. The molecule has 0 radical (unpaired) electrons. The van der Waals surface area contributed by atoms with Gasteiger partial charge in [0.15, 0.2) is 0 Å². The van der Waals surface area contributed by atoms with Crippen molar-refractivity contribution in [3.8, 4) is 11.5 Å². The van der Waals surface area contributed by atoms with Crippen molar-refractivity contribution in [2.75, 3.05) is 12.4 Å². The van der Waals surface area contributed by atoms with Gasteiger partial charge in [-0.15, -0.1) is 0 Å². The molecule has 3 aromatic rings. The predicted octanol–water partition coefficient (Wildman–Crippen LogP) is 3.67. The molecule has 0 bridgehead atoms.